The van der Waals surface area contributed by atoms with Crippen molar-refractivity contribution >= 4 is 23.0 Å². The third-order valence-electron chi connectivity index (χ3n) is 2.22. The molecule has 1 heterocycles. The average molecular weight is 256 g/mol. The van der Waals surface area contributed by atoms with E-state index in [0.29, 0.717) is 23.7 Å². The lowest BCUT2D eigenvalue weighted by Gasteiger charge is -2.08. The molecule has 0 amide bonds. The molecule has 0 aliphatic carbocycles. The monoisotopic (exact) mass is 255 g/mol. The topological polar surface area (TPSA) is 64.1 Å². The molecule has 0 unspecified atom stereocenters. The van der Waals surface area contributed by atoms with Gasteiger partial charge in [0.15, 0.2) is 5.76 Å². The van der Waals surface area contributed by atoms with E-state index in [2.05, 4.69) is 10.5 Å². The van der Waals surface area contributed by atoms with Crippen LogP contribution in [0.25, 0.3) is 0 Å². The number of nitrogens with two attached hydrogens (primary N) is 1. The molecule has 3 N–H and O–H groups in total. The molecule has 0 saturated heterocycles. The lowest BCUT2D eigenvalue weighted by atomic mass is 10.2. The second kappa shape index (κ2) is 4.63. The molecule has 0 saturated carbocycles. The summed E-state index contributed by atoms with van der Waals surface area (Å²) >= 11 is 5.60. The van der Waals surface area contributed by atoms with E-state index in [-0.39, 0.29) is 5.02 Å². The van der Waals surface area contributed by atoms with E-state index in [0.717, 1.165) is 5.69 Å². The zero-order valence-corrected chi connectivity index (χ0v) is 9.88. The molecule has 1 aromatic carbocycles. The normalized spacial score (nSPS) is 10.5. The quantitative estimate of drug-likeness (QED) is 0.828. The zero-order valence-electron chi connectivity index (χ0n) is 9.13. The van der Waals surface area contributed by atoms with E-state index in [4.69, 9.17) is 21.9 Å². The van der Waals surface area contributed by atoms with Gasteiger partial charge in [-0.15, -0.1) is 0 Å². The first kappa shape index (κ1) is 11.7. The number of hydrogen-bond acceptors (Lipinski definition) is 4. The number of halogens is 2. The average Bonchev–Trinajstić information content (AvgIpc) is 2.68. The van der Waals surface area contributed by atoms with Gasteiger partial charge in [-0.25, -0.2) is 4.39 Å². The largest absolute Gasteiger partial charge is 0.397 e. The fourth-order valence-electron chi connectivity index (χ4n) is 1.40. The summed E-state index contributed by atoms with van der Waals surface area (Å²) in [6, 6.07) is 4.40. The van der Waals surface area contributed by atoms with Crippen molar-refractivity contribution in [1.82, 2.24) is 5.16 Å². The first-order valence-electron chi connectivity index (χ1n) is 4.97. The van der Waals surface area contributed by atoms with Gasteiger partial charge >= 0.3 is 0 Å². The second-order valence-corrected chi connectivity index (χ2v) is 4.05. The molecule has 90 valence electrons. The lowest BCUT2D eigenvalue weighted by Crippen LogP contribution is -2.02. The van der Waals surface area contributed by atoms with Crippen LogP contribution in [0.15, 0.2) is 22.7 Å². The van der Waals surface area contributed by atoms with Crippen LogP contribution in [0, 0.1) is 12.7 Å². The molecule has 17 heavy (non-hydrogen) atoms. The Morgan fingerprint density at radius 3 is 2.88 bits per heavy atom. The van der Waals surface area contributed by atoms with E-state index >= 15 is 0 Å². The number of benzene rings is 1. The molecule has 0 spiro atoms. The van der Waals surface area contributed by atoms with Crippen molar-refractivity contribution in [3.8, 4) is 0 Å². The summed E-state index contributed by atoms with van der Waals surface area (Å²) in [5, 5.41) is 6.70. The van der Waals surface area contributed by atoms with Gasteiger partial charge in [0.1, 0.15) is 5.82 Å². The minimum atomic E-state index is -0.517. The maximum atomic E-state index is 13.2. The third kappa shape index (κ3) is 2.68. The van der Waals surface area contributed by atoms with E-state index in [9.17, 15) is 4.39 Å². The van der Waals surface area contributed by atoms with Crippen molar-refractivity contribution in [1.29, 1.82) is 0 Å². The van der Waals surface area contributed by atoms with Gasteiger partial charge in [-0.05, 0) is 13.0 Å². The Balaban J connectivity index is 2.11. The van der Waals surface area contributed by atoms with Crippen LogP contribution in [0.4, 0.5) is 15.8 Å². The first-order chi connectivity index (χ1) is 8.06. The maximum absolute atomic E-state index is 13.2. The Bertz CT molecular complexity index is 542. The van der Waals surface area contributed by atoms with Crippen molar-refractivity contribution < 1.29 is 8.91 Å². The molecular weight excluding hydrogens is 245 g/mol. The van der Waals surface area contributed by atoms with Crippen LogP contribution in [0.1, 0.15) is 11.5 Å². The molecule has 6 heteroatoms. The van der Waals surface area contributed by atoms with Crippen molar-refractivity contribution in [2.45, 2.75) is 13.5 Å². The summed E-state index contributed by atoms with van der Waals surface area (Å²) in [6.45, 7) is 2.20. The number of anilines is 2. The molecular formula is C11H11ClFN3O. The number of nitrogens with zero attached hydrogens (tertiary/aromatic N) is 1. The van der Waals surface area contributed by atoms with Crippen molar-refractivity contribution in [2.24, 2.45) is 0 Å². The van der Waals surface area contributed by atoms with Gasteiger partial charge < -0.3 is 15.6 Å². The molecule has 0 aliphatic rings. The molecule has 2 aromatic rings. The summed E-state index contributed by atoms with van der Waals surface area (Å²) in [4.78, 5) is 0. The van der Waals surface area contributed by atoms with Gasteiger partial charge in [0.05, 0.1) is 28.6 Å². The van der Waals surface area contributed by atoms with Crippen LogP contribution in [-0.4, -0.2) is 5.16 Å². The molecule has 0 atom stereocenters. The van der Waals surface area contributed by atoms with Gasteiger partial charge in [0, 0.05) is 12.1 Å². The predicted octanol–water partition coefficient (Wildman–Crippen LogP) is 2.97. The van der Waals surface area contributed by atoms with Gasteiger partial charge in [0.2, 0.25) is 0 Å². The number of nitrogen functional groups attached to an aromatic ring is 1. The molecule has 2 rings (SSSR count). The van der Waals surface area contributed by atoms with Gasteiger partial charge in [-0.2, -0.15) is 0 Å². The Labute approximate surface area is 103 Å². The van der Waals surface area contributed by atoms with Crippen LogP contribution in [0.5, 0.6) is 0 Å². The summed E-state index contributed by atoms with van der Waals surface area (Å²) in [5.74, 6) is 0.134. The zero-order chi connectivity index (χ0) is 12.4. The predicted molar refractivity (Wildman–Crippen MR) is 64.4 cm³/mol. The maximum Gasteiger partial charge on any atom is 0.156 e. The molecule has 4 nitrogen and oxygen atoms in total. The highest BCUT2D eigenvalue weighted by Crippen LogP contribution is 2.26. The molecule has 0 fully saturated rings. The lowest BCUT2D eigenvalue weighted by molar-refractivity contribution is 0.384. The van der Waals surface area contributed by atoms with Crippen LogP contribution in [0.3, 0.4) is 0 Å². The highest BCUT2D eigenvalue weighted by molar-refractivity contribution is 6.31. The van der Waals surface area contributed by atoms with Crippen LogP contribution in [-0.2, 0) is 6.54 Å². The minimum absolute atomic E-state index is 0.00330. The number of aromatic nitrogens is 1. The Morgan fingerprint density at radius 2 is 2.24 bits per heavy atom. The fraction of sp³-hybridized carbons (Fsp3) is 0.182. The van der Waals surface area contributed by atoms with E-state index in [1.54, 1.807) is 6.07 Å². The fourth-order valence-corrected chi connectivity index (χ4v) is 1.57. The number of aryl methyl sites for hydroxylation is 1. The van der Waals surface area contributed by atoms with Gasteiger partial charge in [0.25, 0.3) is 0 Å². The molecule has 1 aromatic heterocycles. The van der Waals surface area contributed by atoms with Crippen molar-refractivity contribution in [3.05, 3.63) is 40.5 Å². The smallest absolute Gasteiger partial charge is 0.156 e. The SMILES string of the molecule is Cc1cc(CNc2cc(F)c(Cl)cc2N)on1. The number of nitrogens with one attached hydrogen (secondary N) is 1. The molecule has 0 bridgehead atoms. The van der Waals surface area contributed by atoms with E-state index in [1.165, 1.54) is 12.1 Å². The summed E-state index contributed by atoms with van der Waals surface area (Å²) in [7, 11) is 0. The summed E-state index contributed by atoms with van der Waals surface area (Å²) in [6.07, 6.45) is 0. The molecule has 0 radical (unpaired) electrons. The third-order valence-corrected chi connectivity index (χ3v) is 2.51. The van der Waals surface area contributed by atoms with Crippen molar-refractivity contribution in [3.63, 3.8) is 0 Å². The van der Waals surface area contributed by atoms with Gasteiger partial charge in [-0.1, -0.05) is 16.8 Å². The van der Waals surface area contributed by atoms with Crippen molar-refractivity contribution in [2.75, 3.05) is 11.1 Å². The Kier molecular flexibility index (Phi) is 3.19. The van der Waals surface area contributed by atoms with Crippen LogP contribution >= 0.6 is 11.6 Å². The summed E-state index contributed by atoms with van der Waals surface area (Å²) < 4.78 is 18.2. The standard InChI is InChI=1S/C11H11ClFN3O/c1-6-2-7(17-16-6)5-15-11-4-9(13)8(12)3-10(11)14/h2-4,15H,5,14H2,1H3. The Morgan fingerprint density at radius 1 is 1.47 bits per heavy atom. The van der Waals surface area contributed by atoms with Gasteiger partial charge in [-0.3, -0.25) is 0 Å². The highest BCUT2D eigenvalue weighted by atomic mass is 35.5. The minimum Gasteiger partial charge on any atom is -0.397 e. The van der Waals surface area contributed by atoms with E-state index < -0.39 is 5.82 Å². The summed E-state index contributed by atoms with van der Waals surface area (Å²) in [5.41, 5.74) is 7.34. The number of rotatable bonds is 3. The van der Waals surface area contributed by atoms with Crippen LogP contribution < -0.4 is 11.1 Å². The number of hydrogen-bond donors (Lipinski definition) is 2. The Hall–Kier alpha value is -1.75. The van der Waals surface area contributed by atoms with Crippen LogP contribution in [0.2, 0.25) is 5.02 Å². The second-order valence-electron chi connectivity index (χ2n) is 3.64. The first-order valence-corrected chi connectivity index (χ1v) is 5.34. The molecule has 0 aliphatic heterocycles. The highest BCUT2D eigenvalue weighted by Gasteiger charge is 2.07. The van der Waals surface area contributed by atoms with E-state index in [1.807, 2.05) is 6.92 Å².